The van der Waals surface area contributed by atoms with Crippen LogP contribution in [0.5, 0.6) is 0 Å². The summed E-state index contributed by atoms with van der Waals surface area (Å²) < 4.78 is 0. The molecule has 1 N–H and O–H groups in total. The van der Waals surface area contributed by atoms with Crippen molar-refractivity contribution >= 4 is 22.5 Å². The van der Waals surface area contributed by atoms with Crippen molar-refractivity contribution in [1.82, 2.24) is 4.98 Å². The highest BCUT2D eigenvalue weighted by molar-refractivity contribution is 6.31. The predicted octanol–water partition coefficient (Wildman–Crippen LogP) is 3.63. The lowest BCUT2D eigenvalue weighted by Gasteiger charge is -1.88. The fourth-order valence-electron chi connectivity index (χ4n) is 1.36. The van der Waals surface area contributed by atoms with Crippen molar-refractivity contribution in [1.29, 1.82) is 0 Å². The molecule has 0 fully saturated rings. The first kappa shape index (κ1) is 8.94. The second-order valence-corrected chi connectivity index (χ2v) is 3.35. The number of halogens is 1. The summed E-state index contributed by atoms with van der Waals surface area (Å²) in [4.78, 5) is 5.83. The van der Waals surface area contributed by atoms with Crippen molar-refractivity contribution in [3.63, 3.8) is 0 Å². The highest BCUT2D eigenvalue weighted by Gasteiger charge is 1.99. The number of benzene rings is 1. The van der Waals surface area contributed by atoms with Crippen LogP contribution in [-0.4, -0.2) is 4.98 Å². The molecule has 0 amide bonds. The molecular formula is C9H7ClN4. The molecule has 0 saturated carbocycles. The summed E-state index contributed by atoms with van der Waals surface area (Å²) in [5, 5.41) is 5.21. The number of nitrogens with zero attached hydrogens (tertiary/aromatic N) is 3. The molecule has 0 unspecified atom stereocenters. The Hall–Kier alpha value is -1.64. The second kappa shape index (κ2) is 3.62. The number of rotatable bonds is 2. The average Bonchev–Trinajstić information content (AvgIpc) is 2.56. The normalized spacial score (nSPS) is 10.1. The minimum absolute atomic E-state index is 0.336. The smallest absolute Gasteiger partial charge is 0.0662 e. The molecule has 2 aromatic rings. The van der Waals surface area contributed by atoms with Gasteiger partial charge in [-0.1, -0.05) is 16.7 Å². The van der Waals surface area contributed by atoms with Gasteiger partial charge in [0.1, 0.15) is 0 Å². The zero-order valence-electron chi connectivity index (χ0n) is 7.24. The Morgan fingerprint density at radius 1 is 1.43 bits per heavy atom. The molecule has 1 aromatic heterocycles. The van der Waals surface area contributed by atoms with Gasteiger partial charge in [-0.3, -0.25) is 0 Å². The Balaban J connectivity index is 2.45. The van der Waals surface area contributed by atoms with Crippen LogP contribution in [0.1, 0.15) is 5.69 Å². The third-order valence-electron chi connectivity index (χ3n) is 1.94. The highest BCUT2D eigenvalue weighted by atomic mass is 35.5. The molecule has 0 saturated heterocycles. The van der Waals surface area contributed by atoms with Gasteiger partial charge in [0.15, 0.2) is 0 Å². The summed E-state index contributed by atoms with van der Waals surface area (Å²) in [6.45, 7) is 0.336. The van der Waals surface area contributed by atoms with Crippen molar-refractivity contribution in [2.24, 2.45) is 5.11 Å². The van der Waals surface area contributed by atoms with E-state index in [0.717, 1.165) is 16.6 Å². The molecule has 2 rings (SSSR count). The Labute approximate surface area is 85.1 Å². The van der Waals surface area contributed by atoms with Crippen LogP contribution >= 0.6 is 11.6 Å². The minimum Gasteiger partial charge on any atom is -0.358 e. The maximum absolute atomic E-state index is 8.17. The Kier molecular flexibility index (Phi) is 2.31. The van der Waals surface area contributed by atoms with Gasteiger partial charge in [0, 0.05) is 26.5 Å². The molecule has 0 aliphatic heterocycles. The first-order valence-electron chi connectivity index (χ1n) is 4.07. The van der Waals surface area contributed by atoms with Crippen molar-refractivity contribution < 1.29 is 0 Å². The molecule has 0 atom stereocenters. The van der Waals surface area contributed by atoms with Crippen molar-refractivity contribution in [2.45, 2.75) is 6.54 Å². The van der Waals surface area contributed by atoms with Crippen LogP contribution in [-0.2, 0) is 6.54 Å². The van der Waals surface area contributed by atoms with Gasteiger partial charge in [-0.25, -0.2) is 0 Å². The molecule has 70 valence electrons. The van der Waals surface area contributed by atoms with Crippen LogP contribution in [0, 0.1) is 0 Å². The Morgan fingerprint density at radius 3 is 3.07 bits per heavy atom. The predicted molar refractivity (Wildman–Crippen MR) is 56.2 cm³/mol. The first-order valence-corrected chi connectivity index (χ1v) is 4.45. The van der Waals surface area contributed by atoms with Crippen LogP contribution < -0.4 is 0 Å². The van der Waals surface area contributed by atoms with Gasteiger partial charge in [0.2, 0.25) is 0 Å². The maximum Gasteiger partial charge on any atom is 0.0662 e. The molecule has 0 bridgehead atoms. The van der Waals surface area contributed by atoms with Gasteiger partial charge in [-0.15, -0.1) is 0 Å². The van der Waals surface area contributed by atoms with Crippen molar-refractivity contribution in [2.75, 3.05) is 0 Å². The summed E-state index contributed by atoms with van der Waals surface area (Å²) in [7, 11) is 0. The number of hydrogen-bond donors (Lipinski definition) is 1. The largest absolute Gasteiger partial charge is 0.358 e. The SMILES string of the molecule is [N-]=[N+]=NCc1cc2cc(Cl)ccc2[nH]1. The average molecular weight is 207 g/mol. The fourth-order valence-corrected chi connectivity index (χ4v) is 1.54. The van der Waals surface area contributed by atoms with E-state index in [1.165, 1.54) is 0 Å². The number of nitrogens with one attached hydrogen (secondary N) is 1. The van der Waals surface area contributed by atoms with Crippen molar-refractivity contribution in [3.05, 3.63) is 45.4 Å². The Morgan fingerprint density at radius 2 is 2.29 bits per heavy atom. The van der Waals surface area contributed by atoms with E-state index in [-0.39, 0.29) is 0 Å². The van der Waals surface area contributed by atoms with Gasteiger partial charge in [-0.2, -0.15) is 0 Å². The van der Waals surface area contributed by atoms with E-state index in [9.17, 15) is 0 Å². The number of aromatic amines is 1. The van der Waals surface area contributed by atoms with Gasteiger partial charge >= 0.3 is 0 Å². The zero-order valence-corrected chi connectivity index (χ0v) is 7.99. The summed E-state index contributed by atoms with van der Waals surface area (Å²) in [5.41, 5.74) is 10.1. The molecule has 0 aliphatic rings. The van der Waals surface area contributed by atoms with E-state index < -0.39 is 0 Å². The van der Waals surface area contributed by atoms with E-state index in [0.29, 0.717) is 11.6 Å². The number of azide groups is 1. The van der Waals surface area contributed by atoms with Gasteiger partial charge in [0.25, 0.3) is 0 Å². The van der Waals surface area contributed by atoms with Crippen LogP contribution in [0.15, 0.2) is 29.4 Å². The summed E-state index contributed by atoms with van der Waals surface area (Å²) in [6, 6.07) is 7.51. The summed E-state index contributed by atoms with van der Waals surface area (Å²) >= 11 is 5.84. The quantitative estimate of drug-likeness (QED) is 0.443. The topological polar surface area (TPSA) is 64.6 Å². The van der Waals surface area contributed by atoms with Crippen LogP contribution in [0.25, 0.3) is 21.3 Å². The highest BCUT2D eigenvalue weighted by Crippen LogP contribution is 2.20. The molecule has 0 spiro atoms. The van der Waals surface area contributed by atoms with E-state index in [4.69, 9.17) is 17.1 Å². The lowest BCUT2D eigenvalue weighted by molar-refractivity contribution is 1.00. The number of H-pyrrole nitrogens is 1. The summed E-state index contributed by atoms with van der Waals surface area (Å²) in [6.07, 6.45) is 0. The van der Waals surface area contributed by atoms with Gasteiger partial charge in [0.05, 0.1) is 6.54 Å². The lowest BCUT2D eigenvalue weighted by atomic mass is 10.2. The Bertz CT molecular complexity index is 511. The third kappa shape index (κ3) is 1.66. The minimum atomic E-state index is 0.336. The van der Waals surface area contributed by atoms with E-state index in [1.54, 1.807) is 0 Å². The molecular weight excluding hydrogens is 200 g/mol. The lowest BCUT2D eigenvalue weighted by Crippen LogP contribution is -1.76. The van der Waals surface area contributed by atoms with Gasteiger partial charge in [-0.05, 0) is 29.8 Å². The van der Waals surface area contributed by atoms with Gasteiger partial charge < -0.3 is 4.98 Å². The van der Waals surface area contributed by atoms with Crippen LogP contribution in [0.3, 0.4) is 0 Å². The van der Waals surface area contributed by atoms with E-state index in [1.807, 2.05) is 24.3 Å². The standard InChI is InChI=1S/C9H7ClN4/c10-7-1-2-9-6(3-7)4-8(13-9)5-12-14-11/h1-4,13H,5H2. The second-order valence-electron chi connectivity index (χ2n) is 2.92. The molecule has 5 heteroatoms. The number of fused-ring (bicyclic) bond motifs is 1. The fraction of sp³-hybridized carbons (Fsp3) is 0.111. The van der Waals surface area contributed by atoms with Crippen LogP contribution in [0.4, 0.5) is 0 Å². The molecule has 0 aliphatic carbocycles. The molecule has 0 radical (unpaired) electrons. The number of aromatic nitrogens is 1. The van der Waals surface area contributed by atoms with E-state index in [2.05, 4.69) is 15.0 Å². The van der Waals surface area contributed by atoms with Crippen LogP contribution in [0.2, 0.25) is 5.02 Å². The molecule has 14 heavy (non-hydrogen) atoms. The molecule has 1 heterocycles. The zero-order chi connectivity index (χ0) is 9.97. The van der Waals surface area contributed by atoms with E-state index >= 15 is 0 Å². The molecule has 1 aromatic carbocycles. The molecule has 4 nitrogen and oxygen atoms in total. The first-order chi connectivity index (χ1) is 6.79. The monoisotopic (exact) mass is 206 g/mol. The summed E-state index contributed by atoms with van der Waals surface area (Å²) in [5.74, 6) is 0. The third-order valence-corrected chi connectivity index (χ3v) is 2.18. The number of hydrogen-bond acceptors (Lipinski definition) is 1. The van der Waals surface area contributed by atoms with Crippen molar-refractivity contribution in [3.8, 4) is 0 Å². The maximum atomic E-state index is 8.17.